The predicted molar refractivity (Wildman–Crippen MR) is 53.8 cm³/mol. The molecule has 0 fully saturated rings. The maximum Gasteiger partial charge on any atom is 0.376 e. The van der Waals surface area contributed by atoms with Crippen LogP contribution in [0.25, 0.3) is 0 Å². The van der Waals surface area contributed by atoms with Crippen LogP contribution in [0.1, 0.15) is 13.3 Å². The predicted octanol–water partition coefficient (Wildman–Crippen LogP) is -0.138. The van der Waals surface area contributed by atoms with E-state index in [4.69, 9.17) is 5.11 Å². The normalized spacial score (nSPS) is 12.4. The maximum absolute atomic E-state index is 10.9. The van der Waals surface area contributed by atoms with Crippen molar-refractivity contribution < 1.29 is 29.3 Å². The number of aliphatic hydroxyl groups excluding tert-OH is 1. The third-order valence-corrected chi connectivity index (χ3v) is 1.41. The highest BCUT2D eigenvalue weighted by Crippen LogP contribution is 2.18. The van der Waals surface area contributed by atoms with Crippen molar-refractivity contribution in [1.82, 2.24) is 0 Å². The lowest BCUT2D eigenvalue weighted by molar-refractivity contribution is -0.329. The van der Waals surface area contributed by atoms with Crippen molar-refractivity contribution in [3.63, 3.8) is 0 Å². The van der Waals surface area contributed by atoms with Crippen molar-refractivity contribution in [3.8, 4) is 0 Å². The monoisotopic (exact) mass is 230 g/mol. The summed E-state index contributed by atoms with van der Waals surface area (Å²) in [4.78, 5) is 21.8. The molecule has 16 heavy (non-hydrogen) atoms. The Morgan fingerprint density at radius 1 is 1.31 bits per heavy atom. The fraction of sp³-hybridized carbons (Fsp3) is 0.400. The minimum atomic E-state index is -2.52. The second-order valence-corrected chi connectivity index (χ2v) is 3.02. The summed E-state index contributed by atoms with van der Waals surface area (Å²) in [6.45, 7) is 7.56. The quantitative estimate of drug-likeness (QED) is 0.375. The Bertz CT molecular complexity index is 272. The standard InChI is InChI=1S/C10H14O6/c1-4-8(12)15-10(14,6-7(3)11)16-9(13)5-2/h4-5,7,11,14H,1-2,6H2,3H3. The molecule has 6 heteroatoms. The number of hydrogen-bond donors (Lipinski definition) is 2. The fourth-order valence-corrected chi connectivity index (χ4v) is 0.875. The van der Waals surface area contributed by atoms with E-state index in [1.807, 2.05) is 0 Å². The number of ether oxygens (including phenoxy) is 2. The number of hydrogen-bond acceptors (Lipinski definition) is 6. The zero-order valence-corrected chi connectivity index (χ0v) is 8.88. The summed E-state index contributed by atoms with van der Waals surface area (Å²) < 4.78 is 8.84. The van der Waals surface area contributed by atoms with Gasteiger partial charge in [0, 0.05) is 12.2 Å². The van der Waals surface area contributed by atoms with Gasteiger partial charge in [0.2, 0.25) is 0 Å². The molecule has 2 N–H and O–H groups in total. The smallest absolute Gasteiger partial charge is 0.376 e. The van der Waals surface area contributed by atoms with Crippen LogP contribution in [0.2, 0.25) is 0 Å². The molecule has 0 aromatic carbocycles. The van der Waals surface area contributed by atoms with E-state index in [0.29, 0.717) is 0 Å². The number of aliphatic hydroxyl groups is 2. The first kappa shape index (κ1) is 14.3. The summed E-state index contributed by atoms with van der Waals surface area (Å²) in [5, 5.41) is 18.7. The molecule has 0 rings (SSSR count). The first-order valence-electron chi connectivity index (χ1n) is 4.44. The van der Waals surface area contributed by atoms with Crippen LogP contribution in [0, 0.1) is 0 Å². The van der Waals surface area contributed by atoms with Crippen molar-refractivity contribution in [3.05, 3.63) is 25.3 Å². The molecule has 0 aliphatic carbocycles. The molecule has 0 amide bonds. The molecule has 0 bridgehead atoms. The Hall–Kier alpha value is -1.66. The molecule has 0 spiro atoms. The summed E-state index contributed by atoms with van der Waals surface area (Å²) in [6, 6.07) is 0. The van der Waals surface area contributed by atoms with Gasteiger partial charge in [0.15, 0.2) is 0 Å². The summed E-state index contributed by atoms with van der Waals surface area (Å²) in [7, 11) is 0. The number of rotatable bonds is 6. The topological polar surface area (TPSA) is 93.1 Å². The lowest BCUT2D eigenvalue weighted by atomic mass is 10.2. The Morgan fingerprint density at radius 3 is 1.94 bits per heavy atom. The third kappa shape index (κ3) is 5.28. The minimum absolute atomic E-state index is 0.480. The molecular formula is C10H14O6. The summed E-state index contributed by atoms with van der Waals surface area (Å²) in [5.74, 6) is -4.50. The van der Waals surface area contributed by atoms with E-state index in [0.717, 1.165) is 12.2 Å². The Labute approximate surface area is 92.8 Å². The average molecular weight is 230 g/mol. The van der Waals surface area contributed by atoms with E-state index in [1.165, 1.54) is 6.92 Å². The second-order valence-electron chi connectivity index (χ2n) is 3.02. The van der Waals surface area contributed by atoms with Gasteiger partial charge in [0.05, 0.1) is 12.5 Å². The average Bonchev–Trinajstić information content (AvgIpc) is 2.15. The molecule has 90 valence electrons. The minimum Gasteiger partial charge on any atom is -0.395 e. The van der Waals surface area contributed by atoms with Crippen LogP contribution in [-0.2, 0) is 19.1 Å². The van der Waals surface area contributed by atoms with Gasteiger partial charge in [-0.05, 0) is 6.92 Å². The van der Waals surface area contributed by atoms with Crippen LogP contribution in [0.3, 0.4) is 0 Å². The molecule has 0 aromatic heterocycles. The Morgan fingerprint density at radius 2 is 1.69 bits per heavy atom. The van der Waals surface area contributed by atoms with Gasteiger partial charge in [-0.2, -0.15) is 0 Å². The van der Waals surface area contributed by atoms with Crippen LogP contribution in [0.4, 0.5) is 0 Å². The molecule has 0 radical (unpaired) electrons. The lowest BCUT2D eigenvalue weighted by Gasteiger charge is -2.26. The van der Waals surface area contributed by atoms with Gasteiger partial charge in [-0.15, -0.1) is 0 Å². The SMILES string of the molecule is C=CC(=O)OC(O)(CC(C)O)OC(=O)C=C. The van der Waals surface area contributed by atoms with E-state index in [-0.39, 0.29) is 0 Å². The molecule has 0 heterocycles. The summed E-state index contributed by atoms with van der Waals surface area (Å²) >= 11 is 0. The number of esters is 2. The second kappa shape index (κ2) is 6.04. The van der Waals surface area contributed by atoms with Gasteiger partial charge in [-0.3, -0.25) is 0 Å². The van der Waals surface area contributed by atoms with Crippen LogP contribution in [0.5, 0.6) is 0 Å². The van der Waals surface area contributed by atoms with Gasteiger partial charge in [0.25, 0.3) is 0 Å². The van der Waals surface area contributed by atoms with Gasteiger partial charge in [-0.25, -0.2) is 9.59 Å². The summed E-state index contributed by atoms with van der Waals surface area (Å²) in [5.41, 5.74) is 0. The van der Waals surface area contributed by atoms with Crippen LogP contribution >= 0.6 is 0 Å². The Kier molecular flexibility index (Phi) is 5.41. The number of carbonyl (C=O) groups is 2. The fourth-order valence-electron chi connectivity index (χ4n) is 0.875. The van der Waals surface area contributed by atoms with Crippen LogP contribution in [-0.4, -0.2) is 34.2 Å². The first-order valence-corrected chi connectivity index (χ1v) is 4.44. The van der Waals surface area contributed by atoms with E-state index >= 15 is 0 Å². The highest BCUT2D eigenvalue weighted by molar-refractivity contribution is 5.83. The zero-order valence-electron chi connectivity index (χ0n) is 8.88. The van der Waals surface area contributed by atoms with Crippen molar-refractivity contribution >= 4 is 11.9 Å². The van der Waals surface area contributed by atoms with E-state index in [1.54, 1.807) is 0 Å². The molecule has 0 aliphatic rings. The Balaban J connectivity index is 4.72. The highest BCUT2D eigenvalue weighted by atomic mass is 16.8. The van der Waals surface area contributed by atoms with Crippen molar-refractivity contribution in [1.29, 1.82) is 0 Å². The number of carbonyl (C=O) groups excluding carboxylic acids is 2. The van der Waals surface area contributed by atoms with E-state index < -0.39 is 30.4 Å². The van der Waals surface area contributed by atoms with Gasteiger partial charge in [0.1, 0.15) is 0 Å². The lowest BCUT2D eigenvalue weighted by Crippen LogP contribution is -2.41. The zero-order chi connectivity index (χ0) is 12.8. The molecule has 0 aromatic rings. The largest absolute Gasteiger partial charge is 0.395 e. The van der Waals surface area contributed by atoms with Gasteiger partial charge in [-0.1, -0.05) is 13.2 Å². The van der Waals surface area contributed by atoms with Gasteiger partial charge < -0.3 is 19.7 Å². The molecule has 6 nitrogen and oxygen atoms in total. The third-order valence-electron chi connectivity index (χ3n) is 1.41. The molecule has 1 atom stereocenters. The van der Waals surface area contributed by atoms with Crippen molar-refractivity contribution in [2.75, 3.05) is 0 Å². The van der Waals surface area contributed by atoms with Crippen LogP contribution < -0.4 is 0 Å². The highest BCUT2D eigenvalue weighted by Gasteiger charge is 2.36. The van der Waals surface area contributed by atoms with Gasteiger partial charge >= 0.3 is 17.9 Å². The first-order chi connectivity index (χ1) is 7.33. The molecule has 1 unspecified atom stereocenters. The molecule has 0 saturated heterocycles. The van der Waals surface area contributed by atoms with Crippen molar-refractivity contribution in [2.45, 2.75) is 25.4 Å². The van der Waals surface area contributed by atoms with E-state index in [9.17, 15) is 14.7 Å². The van der Waals surface area contributed by atoms with Crippen molar-refractivity contribution in [2.24, 2.45) is 0 Å². The molecular weight excluding hydrogens is 216 g/mol. The maximum atomic E-state index is 10.9. The van der Waals surface area contributed by atoms with E-state index in [2.05, 4.69) is 22.6 Å². The van der Waals surface area contributed by atoms with Crippen LogP contribution in [0.15, 0.2) is 25.3 Å². The molecule has 0 aliphatic heterocycles. The molecule has 0 saturated carbocycles. The summed E-state index contributed by atoms with van der Waals surface area (Å²) in [6.07, 6.45) is 0.0515.